The molecule has 0 spiro atoms. The second-order valence-electron chi connectivity index (χ2n) is 3.89. The van der Waals surface area contributed by atoms with Crippen LogP contribution >= 0.6 is 0 Å². The molecular formula is C10H15N3O3. The number of hydrogen-bond donors (Lipinski definition) is 1. The van der Waals surface area contributed by atoms with Gasteiger partial charge in [0.25, 0.3) is 0 Å². The first kappa shape index (κ1) is 11.1. The smallest absolute Gasteiger partial charge is 0.360 e. The molecule has 2 heterocycles. The van der Waals surface area contributed by atoms with Gasteiger partial charge in [-0.2, -0.15) is 10.3 Å². The van der Waals surface area contributed by atoms with Crippen LogP contribution in [0.3, 0.4) is 0 Å². The maximum absolute atomic E-state index is 11.4. The highest BCUT2D eigenvalue weighted by molar-refractivity contribution is 5.88. The second-order valence-corrected chi connectivity index (χ2v) is 3.89. The zero-order valence-electron chi connectivity index (χ0n) is 9.40. The van der Waals surface area contributed by atoms with Gasteiger partial charge in [-0.25, -0.2) is 4.79 Å². The fourth-order valence-electron chi connectivity index (χ4n) is 1.98. The lowest BCUT2D eigenvalue weighted by molar-refractivity contribution is 0.0587. The molecule has 0 aromatic carbocycles. The van der Waals surface area contributed by atoms with E-state index in [0.29, 0.717) is 5.69 Å². The van der Waals surface area contributed by atoms with Gasteiger partial charge in [0.2, 0.25) is 0 Å². The number of methoxy groups -OCH3 is 1. The molecule has 1 fully saturated rings. The predicted octanol–water partition coefficient (Wildman–Crippen LogP) is 0.874. The van der Waals surface area contributed by atoms with Crippen LogP contribution in [0, 0.1) is 0 Å². The van der Waals surface area contributed by atoms with Crippen molar-refractivity contribution in [1.82, 2.24) is 15.4 Å². The number of ether oxygens (including phenoxy) is 2. The van der Waals surface area contributed by atoms with E-state index in [9.17, 15) is 4.79 Å². The Labute approximate surface area is 93.3 Å². The Hall–Kier alpha value is -1.43. The van der Waals surface area contributed by atoms with Crippen molar-refractivity contribution in [1.29, 1.82) is 0 Å². The lowest BCUT2D eigenvalue weighted by atomic mass is 9.97. The van der Waals surface area contributed by atoms with Crippen LogP contribution < -0.4 is 0 Å². The van der Waals surface area contributed by atoms with Gasteiger partial charge in [-0.1, -0.05) is 6.92 Å². The Morgan fingerprint density at radius 1 is 1.62 bits per heavy atom. The summed E-state index contributed by atoms with van der Waals surface area (Å²) in [6, 6.07) is 0. The topological polar surface area (TPSA) is 77.1 Å². The highest BCUT2D eigenvalue weighted by atomic mass is 16.5. The van der Waals surface area contributed by atoms with E-state index in [1.807, 2.05) is 6.92 Å². The summed E-state index contributed by atoms with van der Waals surface area (Å²) in [5.74, 6) is -0.413. The molecule has 0 radical (unpaired) electrons. The third-order valence-electron chi connectivity index (χ3n) is 2.91. The van der Waals surface area contributed by atoms with Gasteiger partial charge in [-0.3, -0.25) is 0 Å². The van der Waals surface area contributed by atoms with Crippen molar-refractivity contribution in [3.05, 3.63) is 11.4 Å². The van der Waals surface area contributed by atoms with Gasteiger partial charge < -0.3 is 9.47 Å². The third kappa shape index (κ3) is 1.92. The highest BCUT2D eigenvalue weighted by Crippen LogP contribution is 2.28. The maximum atomic E-state index is 11.4. The van der Waals surface area contributed by atoms with Gasteiger partial charge in [-0.15, -0.1) is 5.10 Å². The SMILES string of the molecule is COC(=O)c1n[nH]nc1C(C)C1CCCO1. The number of aromatic nitrogens is 3. The number of H-pyrrole nitrogens is 1. The number of aromatic amines is 1. The fraction of sp³-hybridized carbons (Fsp3) is 0.700. The third-order valence-corrected chi connectivity index (χ3v) is 2.91. The van der Waals surface area contributed by atoms with Gasteiger partial charge in [0.15, 0.2) is 5.69 Å². The van der Waals surface area contributed by atoms with E-state index in [-0.39, 0.29) is 17.7 Å². The molecule has 1 aromatic rings. The van der Waals surface area contributed by atoms with E-state index < -0.39 is 5.97 Å². The Balaban J connectivity index is 2.19. The molecule has 1 saturated heterocycles. The van der Waals surface area contributed by atoms with Gasteiger partial charge in [0.1, 0.15) is 5.69 Å². The molecule has 1 aliphatic heterocycles. The van der Waals surface area contributed by atoms with Crippen molar-refractivity contribution in [2.75, 3.05) is 13.7 Å². The van der Waals surface area contributed by atoms with Crippen molar-refractivity contribution >= 4 is 5.97 Å². The number of esters is 1. The summed E-state index contributed by atoms with van der Waals surface area (Å²) in [5, 5.41) is 10.3. The van der Waals surface area contributed by atoms with Gasteiger partial charge in [-0.05, 0) is 12.8 Å². The minimum atomic E-state index is -0.464. The average molecular weight is 225 g/mol. The Bertz CT molecular complexity index is 371. The summed E-state index contributed by atoms with van der Waals surface area (Å²) >= 11 is 0. The lowest BCUT2D eigenvalue weighted by Gasteiger charge is -2.16. The molecule has 0 amide bonds. The molecule has 2 atom stereocenters. The van der Waals surface area contributed by atoms with Crippen LogP contribution in [0.4, 0.5) is 0 Å². The molecule has 16 heavy (non-hydrogen) atoms. The number of carbonyl (C=O) groups excluding carboxylic acids is 1. The maximum Gasteiger partial charge on any atom is 0.360 e. The fourth-order valence-corrected chi connectivity index (χ4v) is 1.98. The normalized spacial score (nSPS) is 22.0. The molecule has 2 unspecified atom stereocenters. The van der Waals surface area contributed by atoms with Gasteiger partial charge >= 0.3 is 5.97 Å². The van der Waals surface area contributed by atoms with Crippen molar-refractivity contribution in [3.63, 3.8) is 0 Å². The summed E-state index contributed by atoms with van der Waals surface area (Å²) in [6.07, 6.45) is 2.17. The predicted molar refractivity (Wildman–Crippen MR) is 55.1 cm³/mol. The lowest BCUT2D eigenvalue weighted by Crippen LogP contribution is -2.18. The zero-order valence-corrected chi connectivity index (χ0v) is 9.40. The standard InChI is InChI=1S/C10H15N3O3/c1-6(7-4-3-5-16-7)8-9(10(14)15-2)12-13-11-8/h6-7H,3-5H2,1-2H3,(H,11,12,13). The molecule has 1 aliphatic rings. The summed E-state index contributed by atoms with van der Waals surface area (Å²) in [5.41, 5.74) is 0.879. The molecule has 88 valence electrons. The molecule has 1 aromatic heterocycles. The van der Waals surface area contributed by atoms with Crippen LogP contribution in [0.1, 0.15) is 41.9 Å². The molecule has 0 saturated carbocycles. The van der Waals surface area contributed by atoms with E-state index in [4.69, 9.17) is 4.74 Å². The minimum Gasteiger partial charge on any atom is -0.464 e. The molecule has 0 aliphatic carbocycles. The van der Waals surface area contributed by atoms with Crippen molar-refractivity contribution < 1.29 is 14.3 Å². The molecule has 0 bridgehead atoms. The van der Waals surface area contributed by atoms with Crippen LogP contribution in [0.2, 0.25) is 0 Å². The number of rotatable bonds is 3. The Morgan fingerprint density at radius 3 is 3.06 bits per heavy atom. The summed E-state index contributed by atoms with van der Waals surface area (Å²) < 4.78 is 10.2. The van der Waals surface area contributed by atoms with E-state index in [1.165, 1.54) is 7.11 Å². The molecule has 2 rings (SSSR count). The first-order valence-corrected chi connectivity index (χ1v) is 5.34. The van der Waals surface area contributed by atoms with Crippen LogP contribution in [0.5, 0.6) is 0 Å². The monoisotopic (exact) mass is 225 g/mol. The van der Waals surface area contributed by atoms with Crippen molar-refractivity contribution in [2.24, 2.45) is 0 Å². The van der Waals surface area contributed by atoms with E-state index in [2.05, 4.69) is 20.1 Å². The Kier molecular flexibility index (Phi) is 3.19. The Morgan fingerprint density at radius 2 is 2.44 bits per heavy atom. The van der Waals surface area contributed by atoms with Gasteiger partial charge in [0, 0.05) is 12.5 Å². The zero-order chi connectivity index (χ0) is 11.5. The largest absolute Gasteiger partial charge is 0.464 e. The number of hydrogen-bond acceptors (Lipinski definition) is 5. The molecule has 6 nitrogen and oxygen atoms in total. The average Bonchev–Trinajstić information content (AvgIpc) is 2.97. The first-order valence-electron chi connectivity index (χ1n) is 5.34. The van der Waals surface area contributed by atoms with Crippen molar-refractivity contribution in [3.8, 4) is 0 Å². The first-order chi connectivity index (χ1) is 7.74. The van der Waals surface area contributed by atoms with Crippen LogP contribution in [-0.4, -0.2) is 41.2 Å². The van der Waals surface area contributed by atoms with E-state index in [0.717, 1.165) is 19.4 Å². The van der Waals surface area contributed by atoms with Crippen LogP contribution in [0.25, 0.3) is 0 Å². The highest BCUT2D eigenvalue weighted by Gasteiger charge is 2.30. The number of nitrogens with zero attached hydrogens (tertiary/aromatic N) is 2. The second kappa shape index (κ2) is 4.61. The summed E-state index contributed by atoms with van der Waals surface area (Å²) in [4.78, 5) is 11.4. The number of carbonyl (C=O) groups is 1. The minimum absolute atomic E-state index is 0.0512. The quantitative estimate of drug-likeness (QED) is 0.772. The summed E-state index contributed by atoms with van der Waals surface area (Å²) in [7, 11) is 1.33. The van der Waals surface area contributed by atoms with Gasteiger partial charge in [0.05, 0.1) is 13.2 Å². The summed E-state index contributed by atoms with van der Waals surface area (Å²) in [6.45, 7) is 2.76. The van der Waals surface area contributed by atoms with Crippen LogP contribution in [-0.2, 0) is 9.47 Å². The molecule has 6 heteroatoms. The molecular weight excluding hydrogens is 210 g/mol. The van der Waals surface area contributed by atoms with E-state index in [1.54, 1.807) is 0 Å². The number of nitrogens with one attached hydrogen (secondary N) is 1. The molecule has 1 N–H and O–H groups in total. The van der Waals surface area contributed by atoms with E-state index >= 15 is 0 Å². The van der Waals surface area contributed by atoms with Crippen molar-refractivity contribution in [2.45, 2.75) is 31.8 Å². The van der Waals surface area contributed by atoms with Crippen LogP contribution in [0.15, 0.2) is 0 Å².